The van der Waals surface area contributed by atoms with Gasteiger partial charge in [0.05, 0.1) is 0 Å². The van der Waals surface area contributed by atoms with Gasteiger partial charge in [-0.1, -0.05) is 35.9 Å². The van der Waals surface area contributed by atoms with Gasteiger partial charge in [-0.3, -0.25) is 9.69 Å². The molecule has 3 atom stereocenters. The van der Waals surface area contributed by atoms with E-state index in [-0.39, 0.29) is 29.7 Å². The van der Waals surface area contributed by atoms with Crippen LogP contribution in [0.5, 0.6) is 0 Å². The third-order valence-corrected chi connectivity index (χ3v) is 6.03. The van der Waals surface area contributed by atoms with Crippen LogP contribution in [0.4, 0.5) is 4.39 Å². The molecule has 0 radical (unpaired) electrons. The third-order valence-electron chi connectivity index (χ3n) is 5.78. The Labute approximate surface area is 177 Å². The Kier molecular flexibility index (Phi) is 7.28. The summed E-state index contributed by atoms with van der Waals surface area (Å²) in [5, 5.41) is 0.676. The fourth-order valence-electron chi connectivity index (χ4n) is 3.99. The van der Waals surface area contributed by atoms with Crippen molar-refractivity contribution in [3.63, 3.8) is 0 Å². The highest BCUT2D eigenvalue weighted by Gasteiger charge is 2.32. The molecule has 2 aromatic carbocycles. The van der Waals surface area contributed by atoms with Crippen LogP contribution in [0.15, 0.2) is 48.5 Å². The van der Waals surface area contributed by atoms with E-state index in [4.69, 9.17) is 17.3 Å². The number of rotatable bonds is 6. The largest absolute Gasteiger partial charge is 0.337 e. The van der Waals surface area contributed by atoms with Crippen molar-refractivity contribution in [1.29, 1.82) is 0 Å². The first-order valence-corrected chi connectivity index (χ1v) is 10.5. The van der Waals surface area contributed by atoms with Crippen LogP contribution in [0.2, 0.25) is 5.02 Å². The van der Waals surface area contributed by atoms with Crippen LogP contribution < -0.4 is 5.73 Å². The number of amides is 1. The lowest BCUT2D eigenvalue weighted by atomic mass is 9.94. The van der Waals surface area contributed by atoms with E-state index < -0.39 is 0 Å². The number of piperazine rings is 1. The summed E-state index contributed by atoms with van der Waals surface area (Å²) in [6.45, 7) is 6.86. The number of carbonyl (C=O) groups excluding carboxylic acids is 1. The molecule has 156 valence electrons. The van der Waals surface area contributed by atoms with E-state index in [0.29, 0.717) is 24.5 Å². The summed E-state index contributed by atoms with van der Waals surface area (Å²) in [6, 6.07) is 14.5. The van der Waals surface area contributed by atoms with Crippen molar-refractivity contribution in [3.05, 3.63) is 70.5 Å². The molecule has 0 bridgehead atoms. The molecule has 0 aromatic heterocycles. The van der Waals surface area contributed by atoms with Gasteiger partial charge >= 0.3 is 0 Å². The lowest BCUT2D eigenvalue weighted by molar-refractivity contribution is -0.137. The lowest BCUT2D eigenvalue weighted by Crippen LogP contribution is -2.57. The van der Waals surface area contributed by atoms with E-state index in [1.165, 1.54) is 12.1 Å². The maximum atomic E-state index is 13.1. The second-order valence-electron chi connectivity index (χ2n) is 7.99. The molecule has 1 fully saturated rings. The first-order valence-electron chi connectivity index (χ1n) is 10.1. The molecule has 1 heterocycles. The molecule has 3 rings (SSSR count). The van der Waals surface area contributed by atoms with E-state index in [0.717, 1.165) is 24.2 Å². The fraction of sp³-hybridized carbons (Fsp3) is 0.435. The summed E-state index contributed by atoms with van der Waals surface area (Å²) in [6.07, 6.45) is 0.396. The molecule has 1 amide bonds. The molecule has 0 spiro atoms. The molecule has 1 unspecified atom stereocenters. The standard InChI is InChI=1S/C23H29ClFN3O/c1-16-14-28(17(2)13-27(16)15-18-3-9-22(25)10-4-18)23(29)11-20(12-26)19-5-7-21(24)8-6-19/h3-10,16-17,20H,11-15,26H2,1-2H3/t16-,17+,20?/m0/s1. The SMILES string of the molecule is C[C@@H]1CN(Cc2ccc(F)cc2)[C@@H](C)CN1C(=O)CC(CN)c1ccc(Cl)cc1. The molecule has 4 nitrogen and oxygen atoms in total. The highest BCUT2D eigenvalue weighted by atomic mass is 35.5. The van der Waals surface area contributed by atoms with Crippen LogP contribution in [0.25, 0.3) is 0 Å². The lowest BCUT2D eigenvalue weighted by Gasteiger charge is -2.44. The summed E-state index contributed by atoms with van der Waals surface area (Å²) < 4.78 is 13.1. The molecular weight excluding hydrogens is 389 g/mol. The summed E-state index contributed by atoms with van der Waals surface area (Å²) in [5.41, 5.74) is 8.08. The Morgan fingerprint density at radius 2 is 1.76 bits per heavy atom. The minimum atomic E-state index is -0.222. The summed E-state index contributed by atoms with van der Waals surface area (Å²) >= 11 is 5.97. The van der Waals surface area contributed by atoms with Gasteiger partial charge in [-0.05, 0) is 55.8 Å². The third kappa shape index (κ3) is 5.56. The highest BCUT2D eigenvalue weighted by molar-refractivity contribution is 6.30. The van der Waals surface area contributed by atoms with E-state index in [1.807, 2.05) is 41.3 Å². The van der Waals surface area contributed by atoms with Crippen molar-refractivity contribution in [2.24, 2.45) is 5.73 Å². The monoisotopic (exact) mass is 417 g/mol. The van der Waals surface area contributed by atoms with Crippen molar-refractivity contribution in [1.82, 2.24) is 9.80 Å². The summed E-state index contributed by atoms with van der Waals surface area (Å²) in [7, 11) is 0. The van der Waals surface area contributed by atoms with Crippen LogP contribution in [0.3, 0.4) is 0 Å². The minimum Gasteiger partial charge on any atom is -0.337 e. The van der Waals surface area contributed by atoms with Crippen molar-refractivity contribution >= 4 is 17.5 Å². The number of carbonyl (C=O) groups is 1. The van der Waals surface area contributed by atoms with Gasteiger partial charge < -0.3 is 10.6 Å². The van der Waals surface area contributed by atoms with E-state index in [9.17, 15) is 9.18 Å². The van der Waals surface area contributed by atoms with Gasteiger partial charge in [0.25, 0.3) is 0 Å². The predicted octanol–water partition coefficient (Wildman–Crippen LogP) is 4.03. The first-order chi connectivity index (χ1) is 13.9. The molecule has 29 heavy (non-hydrogen) atoms. The minimum absolute atomic E-state index is 0.0143. The number of nitrogens with zero attached hydrogens (tertiary/aromatic N) is 2. The van der Waals surface area contributed by atoms with Crippen molar-refractivity contribution in [2.75, 3.05) is 19.6 Å². The Morgan fingerprint density at radius 3 is 2.38 bits per heavy atom. The second kappa shape index (κ2) is 9.70. The maximum Gasteiger partial charge on any atom is 0.223 e. The van der Waals surface area contributed by atoms with Gasteiger partial charge in [0.15, 0.2) is 0 Å². The van der Waals surface area contributed by atoms with Crippen molar-refractivity contribution in [2.45, 2.75) is 44.8 Å². The number of hydrogen-bond donors (Lipinski definition) is 1. The topological polar surface area (TPSA) is 49.6 Å². The maximum absolute atomic E-state index is 13.1. The summed E-state index contributed by atoms with van der Waals surface area (Å²) in [5.74, 6) is -0.101. The van der Waals surface area contributed by atoms with Crippen molar-refractivity contribution < 1.29 is 9.18 Å². The molecule has 0 saturated carbocycles. The number of halogens is 2. The van der Waals surface area contributed by atoms with Gasteiger partial charge in [0.2, 0.25) is 5.91 Å². The van der Waals surface area contributed by atoms with Crippen molar-refractivity contribution in [3.8, 4) is 0 Å². The van der Waals surface area contributed by atoms with Crippen LogP contribution in [-0.2, 0) is 11.3 Å². The predicted molar refractivity (Wildman–Crippen MR) is 115 cm³/mol. The Hall–Kier alpha value is -1.95. The van der Waals surface area contributed by atoms with E-state index in [1.54, 1.807) is 0 Å². The van der Waals surface area contributed by atoms with Gasteiger partial charge in [0.1, 0.15) is 5.82 Å². The van der Waals surface area contributed by atoms with Crippen LogP contribution in [0, 0.1) is 5.82 Å². The average Bonchev–Trinajstić information content (AvgIpc) is 2.71. The second-order valence-corrected chi connectivity index (χ2v) is 8.42. The smallest absolute Gasteiger partial charge is 0.223 e. The van der Waals surface area contributed by atoms with Gasteiger partial charge in [-0.25, -0.2) is 4.39 Å². The Balaban J connectivity index is 1.61. The zero-order chi connectivity index (χ0) is 21.0. The van der Waals surface area contributed by atoms with E-state index in [2.05, 4.69) is 18.7 Å². The Morgan fingerprint density at radius 1 is 1.10 bits per heavy atom. The molecule has 1 aliphatic heterocycles. The molecule has 1 saturated heterocycles. The molecule has 2 aromatic rings. The highest BCUT2D eigenvalue weighted by Crippen LogP contribution is 2.24. The number of benzene rings is 2. The molecule has 2 N–H and O–H groups in total. The van der Waals surface area contributed by atoms with Crippen LogP contribution in [0.1, 0.15) is 37.3 Å². The zero-order valence-corrected chi connectivity index (χ0v) is 17.8. The Bertz CT molecular complexity index is 812. The molecule has 6 heteroatoms. The number of hydrogen-bond acceptors (Lipinski definition) is 3. The van der Waals surface area contributed by atoms with Gasteiger partial charge in [-0.15, -0.1) is 0 Å². The summed E-state index contributed by atoms with van der Waals surface area (Å²) in [4.78, 5) is 17.4. The average molecular weight is 418 g/mol. The quantitative estimate of drug-likeness (QED) is 0.771. The van der Waals surface area contributed by atoms with Gasteiger partial charge in [-0.2, -0.15) is 0 Å². The molecular formula is C23H29ClFN3O. The number of nitrogens with two attached hydrogens (primary N) is 1. The zero-order valence-electron chi connectivity index (χ0n) is 17.0. The van der Waals surface area contributed by atoms with Crippen LogP contribution in [-0.4, -0.2) is 47.4 Å². The van der Waals surface area contributed by atoms with Gasteiger partial charge in [0, 0.05) is 49.1 Å². The fourth-order valence-corrected chi connectivity index (χ4v) is 4.12. The first kappa shape index (κ1) is 21.8. The molecule has 0 aliphatic carbocycles. The molecule has 1 aliphatic rings. The van der Waals surface area contributed by atoms with E-state index >= 15 is 0 Å². The normalized spacial score (nSPS) is 21.2. The van der Waals surface area contributed by atoms with Crippen LogP contribution >= 0.6 is 11.6 Å².